The van der Waals surface area contributed by atoms with E-state index < -0.39 is 0 Å². The van der Waals surface area contributed by atoms with E-state index in [2.05, 4.69) is 10.3 Å². The Bertz CT molecular complexity index is 822. The molecule has 3 rings (SSSR count). The number of piperidine rings is 1. The quantitative estimate of drug-likeness (QED) is 0.767. The molecule has 1 atom stereocenters. The van der Waals surface area contributed by atoms with Gasteiger partial charge in [-0.05, 0) is 43.7 Å². The van der Waals surface area contributed by atoms with E-state index in [0.29, 0.717) is 24.0 Å². The highest BCUT2D eigenvalue weighted by Gasteiger charge is 2.20. The Hall–Kier alpha value is -2.74. The lowest BCUT2D eigenvalue weighted by Crippen LogP contribution is -2.32. The summed E-state index contributed by atoms with van der Waals surface area (Å²) in [5.41, 5.74) is 1.01. The van der Waals surface area contributed by atoms with Gasteiger partial charge in [0.15, 0.2) is 6.61 Å². The predicted molar refractivity (Wildman–Crippen MR) is 110 cm³/mol. The molecule has 7 nitrogen and oxygen atoms in total. The van der Waals surface area contributed by atoms with E-state index in [0.717, 1.165) is 37.4 Å². The Morgan fingerprint density at radius 2 is 2.00 bits per heavy atom. The monoisotopic (exact) mass is 401 g/mol. The van der Waals surface area contributed by atoms with Crippen molar-refractivity contribution in [2.24, 2.45) is 0 Å². The molecule has 0 spiro atoms. The molecule has 0 radical (unpaired) electrons. The summed E-state index contributed by atoms with van der Waals surface area (Å²) in [6.07, 6.45) is 2.22. The van der Waals surface area contributed by atoms with Gasteiger partial charge >= 0.3 is 0 Å². The number of ether oxygens (including phenoxy) is 1. The van der Waals surface area contributed by atoms with Crippen LogP contribution in [0.4, 0.5) is 10.2 Å². The molecule has 1 aromatic carbocycles. The van der Waals surface area contributed by atoms with E-state index in [1.807, 2.05) is 25.1 Å². The summed E-state index contributed by atoms with van der Waals surface area (Å²) in [5.74, 6) is 1.70. The minimum atomic E-state index is -0.345. The maximum atomic E-state index is 13.0. The van der Waals surface area contributed by atoms with Crippen LogP contribution in [0.25, 0.3) is 0 Å². The fourth-order valence-electron chi connectivity index (χ4n) is 3.20. The van der Waals surface area contributed by atoms with Crippen molar-refractivity contribution >= 4 is 11.7 Å². The van der Waals surface area contributed by atoms with Crippen molar-refractivity contribution < 1.29 is 13.9 Å². The van der Waals surface area contributed by atoms with Crippen molar-refractivity contribution in [2.75, 3.05) is 45.7 Å². The van der Waals surface area contributed by atoms with Crippen LogP contribution in [0.3, 0.4) is 0 Å². The number of aromatic nitrogens is 2. The van der Waals surface area contributed by atoms with Crippen molar-refractivity contribution in [2.45, 2.75) is 25.3 Å². The van der Waals surface area contributed by atoms with Gasteiger partial charge in [-0.2, -0.15) is 0 Å². The molecule has 1 unspecified atom stereocenters. The van der Waals surface area contributed by atoms with Crippen LogP contribution in [0.2, 0.25) is 0 Å². The summed E-state index contributed by atoms with van der Waals surface area (Å²) in [4.78, 5) is 25.3. The summed E-state index contributed by atoms with van der Waals surface area (Å²) in [6.45, 7) is 2.11. The number of nitrogens with zero attached hydrogens (tertiary/aromatic N) is 4. The first-order chi connectivity index (χ1) is 13.9. The summed E-state index contributed by atoms with van der Waals surface area (Å²) in [5, 5.41) is 3.42. The fourth-order valence-corrected chi connectivity index (χ4v) is 3.20. The molecule has 1 aliphatic rings. The molecule has 1 saturated heterocycles. The third-order valence-corrected chi connectivity index (χ3v) is 4.93. The third kappa shape index (κ3) is 5.87. The molecule has 0 aliphatic carbocycles. The highest BCUT2D eigenvalue weighted by atomic mass is 19.1. The highest BCUT2D eigenvalue weighted by Crippen LogP contribution is 2.24. The first-order valence-corrected chi connectivity index (χ1v) is 9.80. The van der Waals surface area contributed by atoms with E-state index in [-0.39, 0.29) is 18.3 Å². The number of anilines is 1. The molecule has 29 heavy (non-hydrogen) atoms. The van der Waals surface area contributed by atoms with Crippen LogP contribution >= 0.6 is 0 Å². The largest absolute Gasteiger partial charge is 0.484 e. The fraction of sp³-hybridized carbons (Fsp3) is 0.476. The minimum Gasteiger partial charge on any atom is -0.484 e. The third-order valence-electron chi connectivity index (χ3n) is 4.93. The number of hydrogen-bond acceptors (Lipinski definition) is 6. The van der Waals surface area contributed by atoms with Crippen LogP contribution in [0.1, 0.15) is 30.3 Å². The molecule has 0 saturated carbocycles. The molecular formula is C21H28FN5O2. The maximum Gasteiger partial charge on any atom is 0.260 e. The van der Waals surface area contributed by atoms with Gasteiger partial charge in [0, 0.05) is 39.7 Å². The average molecular weight is 401 g/mol. The summed E-state index contributed by atoms with van der Waals surface area (Å²) in [6, 6.07) is 7.62. The smallest absolute Gasteiger partial charge is 0.260 e. The molecule has 1 amide bonds. The highest BCUT2D eigenvalue weighted by molar-refractivity contribution is 5.77. The van der Waals surface area contributed by atoms with Gasteiger partial charge in [0.1, 0.15) is 23.2 Å². The van der Waals surface area contributed by atoms with E-state index in [1.165, 1.54) is 24.3 Å². The Morgan fingerprint density at radius 3 is 2.66 bits per heavy atom. The normalized spacial score (nSPS) is 16.3. The lowest BCUT2D eigenvalue weighted by Gasteiger charge is -2.24. The van der Waals surface area contributed by atoms with E-state index >= 15 is 0 Å². The lowest BCUT2D eigenvalue weighted by atomic mass is 9.96. The van der Waals surface area contributed by atoms with Crippen LogP contribution in [0, 0.1) is 5.82 Å². The van der Waals surface area contributed by atoms with Crippen LogP contribution in [-0.2, 0) is 11.3 Å². The second kappa shape index (κ2) is 9.65. The number of benzene rings is 1. The molecule has 156 valence electrons. The SMILES string of the molecule is CN(Cc1nc(C2CCCNC2)cc(N(C)C)n1)C(=O)COc1ccc(F)cc1. The van der Waals surface area contributed by atoms with Crippen molar-refractivity contribution in [3.8, 4) is 5.75 Å². The molecule has 0 bridgehead atoms. The molecule has 2 heterocycles. The maximum absolute atomic E-state index is 13.0. The van der Waals surface area contributed by atoms with Gasteiger partial charge in [-0.25, -0.2) is 14.4 Å². The zero-order valence-corrected chi connectivity index (χ0v) is 17.2. The number of amides is 1. The van der Waals surface area contributed by atoms with Gasteiger partial charge in [0.25, 0.3) is 5.91 Å². The van der Waals surface area contributed by atoms with Crippen molar-refractivity contribution in [1.29, 1.82) is 0 Å². The Labute approximate surface area is 170 Å². The Balaban J connectivity index is 1.66. The summed E-state index contributed by atoms with van der Waals surface area (Å²) < 4.78 is 18.4. The lowest BCUT2D eigenvalue weighted by molar-refractivity contribution is -0.132. The topological polar surface area (TPSA) is 70.6 Å². The second-order valence-corrected chi connectivity index (χ2v) is 7.50. The molecule has 2 aromatic rings. The second-order valence-electron chi connectivity index (χ2n) is 7.50. The molecule has 1 N–H and O–H groups in total. The number of carbonyl (C=O) groups is 1. The number of halogens is 1. The van der Waals surface area contributed by atoms with Crippen molar-refractivity contribution in [1.82, 2.24) is 20.2 Å². The van der Waals surface area contributed by atoms with Crippen molar-refractivity contribution in [3.05, 3.63) is 47.7 Å². The van der Waals surface area contributed by atoms with Crippen LogP contribution in [0.15, 0.2) is 30.3 Å². The van der Waals surface area contributed by atoms with Gasteiger partial charge in [-0.3, -0.25) is 4.79 Å². The van der Waals surface area contributed by atoms with E-state index in [1.54, 1.807) is 11.9 Å². The van der Waals surface area contributed by atoms with Crippen molar-refractivity contribution in [3.63, 3.8) is 0 Å². The zero-order valence-electron chi connectivity index (χ0n) is 17.2. The minimum absolute atomic E-state index is 0.130. The van der Waals surface area contributed by atoms with Gasteiger partial charge in [-0.1, -0.05) is 0 Å². The predicted octanol–water partition coefficient (Wildman–Crippen LogP) is 2.19. The zero-order chi connectivity index (χ0) is 20.8. The number of carbonyl (C=O) groups excluding carboxylic acids is 1. The average Bonchev–Trinajstić information content (AvgIpc) is 2.73. The first-order valence-electron chi connectivity index (χ1n) is 9.80. The van der Waals surface area contributed by atoms with Gasteiger partial charge in [0.05, 0.1) is 12.2 Å². The standard InChI is InChI=1S/C21H28FN5O2/c1-26(2)20-11-18(15-5-4-10-23-12-15)24-19(25-20)13-27(3)21(28)14-29-17-8-6-16(22)7-9-17/h6-9,11,15,23H,4-5,10,12-14H2,1-3H3. The van der Waals surface area contributed by atoms with Gasteiger partial charge in [-0.15, -0.1) is 0 Å². The summed E-state index contributed by atoms with van der Waals surface area (Å²) in [7, 11) is 5.59. The number of rotatable bonds is 7. The first kappa shape index (κ1) is 21.0. The van der Waals surface area contributed by atoms with Crippen LogP contribution < -0.4 is 15.0 Å². The Kier molecular flexibility index (Phi) is 6.98. The number of likely N-dealkylation sites (N-methyl/N-ethyl adjacent to an activating group) is 1. The van der Waals surface area contributed by atoms with Gasteiger partial charge < -0.3 is 19.9 Å². The molecule has 1 aromatic heterocycles. The molecule has 1 fully saturated rings. The molecular weight excluding hydrogens is 373 g/mol. The van der Waals surface area contributed by atoms with Gasteiger partial charge in [0.2, 0.25) is 0 Å². The Morgan fingerprint density at radius 1 is 1.24 bits per heavy atom. The number of hydrogen-bond donors (Lipinski definition) is 1. The molecule has 8 heteroatoms. The van der Waals surface area contributed by atoms with E-state index in [9.17, 15) is 9.18 Å². The van der Waals surface area contributed by atoms with Crippen LogP contribution in [0.5, 0.6) is 5.75 Å². The number of nitrogens with one attached hydrogen (secondary N) is 1. The summed E-state index contributed by atoms with van der Waals surface area (Å²) >= 11 is 0. The van der Waals surface area contributed by atoms with E-state index in [4.69, 9.17) is 9.72 Å². The molecule has 1 aliphatic heterocycles. The van der Waals surface area contributed by atoms with Crippen LogP contribution in [-0.4, -0.2) is 61.6 Å².